The summed E-state index contributed by atoms with van der Waals surface area (Å²) in [7, 11) is 0. The second-order valence-corrected chi connectivity index (χ2v) is 5.33. The first kappa shape index (κ1) is 14.4. The van der Waals surface area contributed by atoms with E-state index in [9.17, 15) is 9.18 Å². The second kappa shape index (κ2) is 5.97. The van der Waals surface area contributed by atoms with E-state index in [0.29, 0.717) is 18.3 Å². The number of nitrogens with one attached hydrogen (secondary N) is 1. The zero-order valence-corrected chi connectivity index (χ0v) is 12.1. The van der Waals surface area contributed by atoms with Gasteiger partial charge in [0, 0.05) is 18.3 Å². The number of benzene rings is 1. The number of hydrogen-bond donors (Lipinski definition) is 1. The topological polar surface area (TPSA) is 32.3 Å². The number of likely N-dealkylation sites (N-methyl/N-ethyl adjacent to an activating group) is 1. The van der Waals surface area contributed by atoms with Gasteiger partial charge in [-0.3, -0.25) is 4.79 Å². The summed E-state index contributed by atoms with van der Waals surface area (Å²) in [5.41, 5.74) is 0.539. The van der Waals surface area contributed by atoms with E-state index in [1.807, 2.05) is 11.8 Å². The van der Waals surface area contributed by atoms with Crippen LogP contribution in [0, 0.1) is 5.82 Å². The summed E-state index contributed by atoms with van der Waals surface area (Å²) in [4.78, 5) is 13.8. The molecule has 0 aromatic heterocycles. The van der Waals surface area contributed by atoms with Crippen molar-refractivity contribution < 1.29 is 9.18 Å². The van der Waals surface area contributed by atoms with Crippen LogP contribution in [0.2, 0.25) is 10.0 Å². The van der Waals surface area contributed by atoms with Crippen molar-refractivity contribution in [3.05, 3.63) is 28.0 Å². The Labute approximate surface area is 121 Å². The van der Waals surface area contributed by atoms with Gasteiger partial charge in [-0.25, -0.2) is 4.39 Å². The molecule has 1 fully saturated rings. The molecule has 0 aliphatic heterocycles. The fourth-order valence-corrected chi connectivity index (χ4v) is 2.45. The average molecular weight is 305 g/mol. The molecular weight excluding hydrogens is 290 g/mol. The SMILES string of the molecule is CCN(C(=O)CNc1cc(Cl)c(F)c(Cl)c1)C1CC1. The Balaban J connectivity index is 1.96. The largest absolute Gasteiger partial charge is 0.376 e. The van der Waals surface area contributed by atoms with Gasteiger partial charge in [0.2, 0.25) is 5.91 Å². The van der Waals surface area contributed by atoms with Gasteiger partial charge < -0.3 is 10.2 Å². The molecule has 1 aliphatic rings. The predicted octanol–water partition coefficient (Wildman–Crippen LogP) is 3.56. The van der Waals surface area contributed by atoms with Gasteiger partial charge in [0.25, 0.3) is 0 Å². The smallest absolute Gasteiger partial charge is 0.242 e. The summed E-state index contributed by atoms with van der Waals surface area (Å²) in [5, 5.41) is 2.81. The van der Waals surface area contributed by atoms with Crippen LogP contribution in [0.15, 0.2) is 12.1 Å². The number of anilines is 1. The molecule has 104 valence electrons. The molecule has 0 heterocycles. The third-order valence-electron chi connectivity index (χ3n) is 3.08. The fourth-order valence-electron chi connectivity index (χ4n) is 1.96. The number of amides is 1. The van der Waals surface area contributed by atoms with E-state index in [1.54, 1.807) is 0 Å². The minimum Gasteiger partial charge on any atom is -0.376 e. The molecular formula is C13H15Cl2FN2O. The van der Waals surface area contributed by atoms with Crippen LogP contribution >= 0.6 is 23.2 Å². The highest BCUT2D eigenvalue weighted by molar-refractivity contribution is 6.35. The van der Waals surface area contributed by atoms with Crippen LogP contribution in [0.5, 0.6) is 0 Å². The Bertz CT molecular complexity index is 469. The lowest BCUT2D eigenvalue weighted by atomic mass is 10.3. The van der Waals surface area contributed by atoms with Gasteiger partial charge in [0.05, 0.1) is 16.6 Å². The van der Waals surface area contributed by atoms with Crippen molar-refractivity contribution in [3.8, 4) is 0 Å². The quantitative estimate of drug-likeness (QED) is 0.844. The van der Waals surface area contributed by atoms with Crippen LogP contribution in [0.3, 0.4) is 0 Å². The first-order valence-electron chi connectivity index (χ1n) is 6.20. The Morgan fingerprint density at radius 2 is 2.00 bits per heavy atom. The van der Waals surface area contributed by atoms with E-state index in [4.69, 9.17) is 23.2 Å². The molecule has 0 bridgehead atoms. The van der Waals surface area contributed by atoms with Gasteiger partial charge in [-0.15, -0.1) is 0 Å². The molecule has 1 N–H and O–H groups in total. The number of carbonyl (C=O) groups is 1. The highest BCUT2D eigenvalue weighted by Crippen LogP contribution is 2.28. The van der Waals surface area contributed by atoms with Crippen LogP contribution in [0.1, 0.15) is 19.8 Å². The Hall–Kier alpha value is -1.00. The molecule has 0 unspecified atom stereocenters. The third-order valence-corrected chi connectivity index (χ3v) is 3.63. The maximum atomic E-state index is 13.2. The van der Waals surface area contributed by atoms with Gasteiger partial charge in [-0.1, -0.05) is 23.2 Å². The Kier molecular flexibility index (Phi) is 4.53. The molecule has 1 amide bonds. The van der Waals surface area contributed by atoms with Crippen molar-refractivity contribution in [2.75, 3.05) is 18.4 Å². The van der Waals surface area contributed by atoms with E-state index in [2.05, 4.69) is 5.32 Å². The number of halogens is 3. The lowest BCUT2D eigenvalue weighted by Crippen LogP contribution is -2.37. The normalized spacial score (nSPS) is 14.3. The van der Waals surface area contributed by atoms with Gasteiger partial charge in [0.15, 0.2) is 5.82 Å². The predicted molar refractivity (Wildman–Crippen MR) is 75.3 cm³/mol. The van der Waals surface area contributed by atoms with Gasteiger partial charge in [-0.05, 0) is 31.9 Å². The molecule has 0 saturated heterocycles. The molecule has 1 aromatic rings. The lowest BCUT2D eigenvalue weighted by Gasteiger charge is -2.20. The lowest BCUT2D eigenvalue weighted by molar-refractivity contribution is -0.129. The highest BCUT2D eigenvalue weighted by atomic mass is 35.5. The van der Waals surface area contributed by atoms with Crippen molar-refractivity contribution in [3.63, 3.8) is 0 Å². The van der Waals surface area contributed by atoms with Crippen molar-refractivity contribution in [1.29, 1.82) is 0 Å². The van der Waals surface area contributed by atoms with Gasteiger partial charge in [-0.2, -0.15) is 0 Å². The van der Waals surface area contributed by atoms with E-state index in [1.165, 1.54) is 12.1 Å². The average Bonchev–Trinajstić information content (AvgIpc) is 3.18. The summed E-state index contributed by atoms with van der Waals surface area (Å²) in [5.74, 6) is -0.616. The highest BCUT2D eigenvalue weighted by Gasteiger charge is 2.30. The maximum absolute atomic E-state index is 13.2. The van der Waals surface area contributed by atoms with Crippen molar-refractivity contribution in [2.45, 2.75) is 25.8 Å². The molecule has 2 rings (SSSR count). The molecule has 19 heavy (non-hydrogen) atoms. The maximum Gasteiger partial charge on any atom is 0.242 e. The van der Waals surface area contributed by atoms with E-state index < -0.39 is 5.82 Å². The van der Waals surface area contributed by atoms with Gasteiger partial charge in [0.1, 0.15) is 0 Å². The van der Waals surface area contributed by atoms with E-state index in [-0.39, 0.29) is 22.5 Å². The second-order valence-electron chi connectivity index (χ2n) is 4.52. The number of nitrogens with zero attached hydrogens (tertiary/aromatic N) is 1. The summed E-state index contributed by atoms with van der Waals surface area (Å²) >= 11 is 11.4. The molecule has 1 aromatic carbocycles. The van der Waals surface area contributed by atoms with Crippen LogP contribution in [0.4, 0.5) is 10.1 Å². The summed E-state index contributed by atoms with van der Waals surface area (Å²) < 4.78 is 13.2. The van der Waals surface area contributed by atoms with Crippen LogP contribution in [-0.4, -0.2) is 29.9 Å². The number of rotatable bonds is 5. The molecule has 0 spiro atoms. The monoisotopic (exact) mass is 304 g/mol. The summed E-state index contributed by atoms with van der Waals surface area (Å²) in [6.45, 7) is 2.82. The minimum atomic E-state index is -0.645. The standard InChI is InChI=1S/C13H15Cl2FN2O/c1-2-18(9-3-4-9)12(19)7-17-8-5-10(14)13(16)11(15)6-8/h5-6,9,17H,2-4,7H2,1H3. The Morgan fingerprint density at radius 3 is 2.47 bits per heavy atom. The first-order valence-corrected chi connectivity index (χ1v) is 6.96. The summed E-state index contributed by atoms with van der Waals surface area (Å²) in [6.07, 6.45) is 2.15. The minimum absolute atomic E-state index is 0.0292. The molecule has 1 aliphatic carbocycles. The molecule has 0 atom stereocenters. The van der Waals surface area contributed by atoms with E-state index >= 15 is 0 Å². The van der Waals surface area contributed by atoms with E-state index in [0.717, 1.165) is 12.8 Å². The zero-order valence-electron chi connectivity index (χ0n) is 10.5. The van der Waals surface area contributed by atoms with Crippen LogP contribution in [-0.2, 0) is 4.79 Å². The molecule has 0 radical (unpaired) electrons. The third kappa shape index (κ3) is 3.51. The van der Waals surface area contributed by atoms with Crippen LogP contribution in [0.25, 0.3) is 0 Å². The van der Waals surface area contributed by atoms with Crippen molar-refractivity contribution >= 4 is 34.8 Å². The molecule has 3 nitrogen and oxygen atoms in total. The van der Waals surface area contributed by atoms with Crippen molar-refractivity contribution in [1.82, 2.24) is 4.90 Å². The first-order chi connectivity index (χ1) is 9.02. The number of hydrogen-bond acceptors (Lipinski definition) is 2. The van der Waals surface area contributed by atoms with Crippen LogP contribution < -0.4 is 5.32 Å². The fraction of sp³-hybridized carbons (Fsp3) is 0.462. The van der Waals surface area contributed by atoms with Gasteiger partial charge >= 0.3 is 0 Å². The number of carbonyl (C=O) groups excluding carboxylic acids is 1. The molecule has 6 heteroatoms. The zero-order chi connectivity index (χ0) is 14.0. The summed E-state index contributed by atoms with van der Waals surface area (Å²) in [6, 6.07) is 3.23. The molecule has 1 saturated carbocycles. The Morgan fingerprint density at radius 1 is 1.42 bits per heavy atom. The van der Waals surface area contributed by atoms with Crippen molar-refractivity contribution in [2.24, 2.45) is 0 Å².